The first-order valence-electron chi connectivity index (χ1n) is 12.9. The number of hydrogen-bond donors (Lipinski definition) is 1. The summed E-state index contributed by atoms with van der Waals surface area (Å²) in [4.78, 5) is 28.2. The molecule has 3 aromatic rings. The van der Waals surface area contributed by atoms with E-state index in [-0.39, 0.29) is 24.0 Å². The summed E-state index contributed by atoms with van der Waals surface area (Å²) in [5.74, 6) is -0.367. The minimum atomic E-state index is -3.65. The first-order chi connectivity index (χ1) is 19.3. The molecule has 1 aliphatic heterocycles. The lowest BCUT2D eigenvalue weighted by Crippen LogP contribution is -2.51. The molecule has 0 aliphatic carbocycles. The molecule has 0 unspecified atom stereocenters. The van der Waals surface area contributed by atoms with E-state index in [1.54, 1.807) is 24.3 Å². The summed E-state index contributed by atoms with van der Waals surface area (Å²) in [7, 11) is -2.11. The van der Waals surface area contributed by atoms with Gasteiger partial charge in [0.05, 0.1) is 18.1 Å². The normalized spacial score (nSPS) is 14.8. The van der Waals surface area contributed by atoms with E-state index in [2.05, 4.69) is 5.32 Å². The van der Waals surface area contributed by atoms with Crippen molar-refractivity contribution in [2.45, 2.75) is 23.9 Å². The number of likely N-dealkylation sites (N-methyl/N-ethyl adjacent to an activating group) is 1. The van der Waals surface area contributed by atoms with Crippen LogP contribution in [0.15, 0.2) is 83.8 Å². The molecule has 1 atom stereocenters. The molecule has 1 saturated heterocycles. The fraction of sp³-hybridized carbons (Fsp3) is 0.310. The highest BCUT2D eigenvalue weighted by molar-refractivity contribution is 7.89. The maximum atomic E-state index is 13.6. The molecule has 0 aromatic heterocycles. The van der Waals surface area contributed by atoms with Gasteiger partial charge in [0.1, 0.15) is 11.8 Å². The highest BCUT2D eigenvalue weighted by Gasteiger charge is 2.30. The molecule has 3 aromatic carbocycles. The number of hydrogen-bond acceptors (Lipinski definition) is 6. The largest absolute Gasteiger partial charge is 0.484 e. The van der Waals surface area contributed by atoms with E-state index >= 15 is 0 Å². The number of ether oxygens (including phenoxy) is 2. The summed E-state index contributed by atoms with van der Waals surface area (Å²) in [5.41, 5.74) is 1.71. The molecule has 212 valence electrons. The number of carbonyl (C=O) groups is 2. The zero-order valence-corrected chi connectivity index (χ0v) is 23.7. The Bertz CT molecular complexity index is 1380. The minimum absolute atomic E-state index is 0.139. The van der Waals surface area contributed by atoms with Crippen molar-refractivity contribution < 1.29 is 27.5 Å². The number of sulfonamides is 1. The maximum Gasteiger partial charge on any atom is 0.261 e. The summed E-state index contributed by atoms with van der Waals surface area (Å²) < 4.78 is 38.2. The van der Waals surface area contributed by atoms with E-state index in [1.165, 1.54) is 40.5 Å². The summed E-state index contributed by atoms with van der Waals surface area (Å²) >= 11 is 6.04. The van der Waals surface area contributed by atoms with Gasteiger partial charge in [-0.05, 0) is 47.5 Å². The molecule has 40 heavy (non-hydrogen) atoms. The zero-order valence-electron chi connectivity index (χ0n) is 22.2. The van der Waals surface area contributed by atoms with Crippen molar-refractivity contribution in [3.63, 3.8) is 0 Å². The van der Waals surface area contributed by atoms with E-state index in [9.17, 15) is 18.0 Å². The molecule has 4 rings (SSSR count). The molecule has 1 fully saturated rings. The number of carbonyl (C=O) groups excluding carboxylic acids is 2. The standard InChI is InChI=1S/C29H32ClN3O6S/c1-31-29(35)27(19-22-5-3-2-4-6-22)33(20-23-7-9-24(30)10-8-23)28(34)21-39-25-11-13-26(14-12-25)40(36,37)32-15-17-38-18-16-32/h2-14,27H,15-21H2,1H3,(H,31,35)/t27-/m0/s1. The van der Waals surface area contributed by atoms with Gasteiger partial charge in [0, 0.05) is 38.1 Å². The lowest BCUT2D eigenvalue weighted by molar-refractivity contribution is -0.142. The first kappa shape index (κ1) is 29.5. The summed E-state index contributed by atoms with van der Waals surface area (Å²) in [6, 6.07) is 21.7. The monoisotopic (exact) mass is 585 g/mol. The van der Waals surface area contributed by atoms with Gasteiger partial charge in [-0.15, -0.1) is 0 Å². The third-order valence-corrected chi connectivity index (χ3v) is 8.74. The summed E-state index contributed by atoms with van der Waals surface area (Å²) in [6.07, 6.45) is 0.313. The van der Waals surface area contributed by atoms with Crippen LogP contribution in [-0.4, -0.2) is 75.4 Å². The molecular formula is C29H32ClN3O6S. The number of benzene rings is 3. The number of morpholine rings is 1. The Morgan fingerprint density at radius 3 is 2.25 bits per heavy atom. The lowest BCUT2D eigenvalue weighted by Gasteiger charge is -2.31. The molecule has 1 N–H and O–H groups in total. The fourth-order valence-corrected chi connectivity index (χ4v) is 5.91. The van der Waals surface area contributed by atoms with Gasteiger partial charge in [-0.1, -0.05) is 54.1 Å². The summed E-state index contributed by atoms with van der Waals surface area (Å²) in [6.45, 7) is 1.14. The van der Waals surface area contributed by atoms with Crippen molar-refractivity contribution >= 4 is 33.4 Å². The van der Waals surface area contributed by atoms with Crippen LogP contribution in [0.4, 0.5) is 0 Å². The Morgan fingerprint density at radius 2 is 1.62 bits per heavy atom. The molecule has 0 saturated carbocycles. The molecule has 0 bridgehead atoms. The Hall–Kier alpha value is -3.44. The van der Waals surface area contributed by atoms with Gasteiger partial charge >= 0.3 is 0 Å². The highest BCUT2D eigenvalue weighted by Crippen LogP contribution is 2.21. The molecule has 11 heteroatoms. The number of rotatable bonds is 11. The van der Waals surface area contributed by atoms with Crippen LogP contribution in [0.25, 0.3) is 0 Å². The van der Waals surface area contributed by atoms with Crippen LogP contribution in [0.2, 0.25) is 5.02 Å². The Labute approximate surface area is 239 Å². The summed E-state index contributed by atoms with van der Waals surface area (Å²) in [5, 5.41) is 3.24. The molecule has 0 spiro atoms. The van der Waals surface area contributed by atoms with Gasteiger partial charge in [0.15, 0.2) is 6.61 Å². The van der Waals surface area contributed by atoms with Gasteiger partial charge in [0.2, 0.25) is 15.9 Å². The topological polar surface area (TPSA) is 105 Å². The predicted molar refractivity (Wildman–Crippen MR) is 152 cm³/mol. The number of nitrogens with one attached hydrogen (secondary N) is 1. The maximum absolute atomic E-state index is 13.6. The number of nitrogens with zero attached hydrogens (tertiary/aromatic N) is 2. The van der Waals surface area contributed by atoms with Crippen molar-refractivity contribution in [2.24, 2.45) is 0 Å². The lowest BCUT2D eigenvalue weighted by atomic mass is 10.0. The van der Waals surface area contributed by atoms with Crippen molar-refractivity contribution in [1.29, 1.82) is 0 Å². The molecular weight excluding hydrogens is 554 g/mol. The van der Waals surface area contributed by atoms with Gasteiger partial charge in [-0.25, -0.2) is 8.42 Å². The SMILES string of the molecule is CNC(=O)[C@H](Cc1ccccc1)N(Cc1ccc(Cl)cc1)C(=O)COc1ccc(S(=O)(=O)N2CCOCC2)cc1. The first-order valence-corrected chi connectivity index (χ1v) is 14.7. The van der Waals surface area contributed by atoms with Crippen molar-refractivity contribution in [3.05, 3.63) is 95.0 Å². The van der Waals surface area contributed by atoms with Crippen molar-refractivity contribution in [1.82, 2.24) is 14.5 Å². The molecule has 2 amide bonds. The third kappa shape index (κ3) is 7.60. The van der Waals surface area contributed by atoms with Crippen LogP contribution in [0.1, 0.15) is 11.1 Å². The highest BCUT2D eigenvalue weighted by atomic mass is 35.5. The molecule has 1 heterocycles. The van der Waals surface area contributed by atoms with E-state index < -0.39 is 22.0 Å². The number of amides is 2. The Balaban J connectivity index is 1.51. The van der Waals surface area contributed by atoms with Crippen LogP contribution in [0.5, 0.6) is 5.75 Å². The van der Waals surface area contributed by atoms with E-state index in [0.29, 0.717) is 43.5 Å². The van der Waals surface area contributed by atoms with E-state index in [1.807, 2.05) is 30.3 Å². The van der Waals surface area contributed by atoms with Crippen molar-refractivity contribution in [3.8, 4) is 5.75 Å². The average molecular weight is 586 g/mol. The third-order valence-electron chi connectivity index (χ3n) is 6.58. The van der Waals surface area contributed by atoms with Gasteiger partial charge in [-0.3, -0.25) is 9.59 Å². The fourth-order valence-electron chi connectivity index (χ4n) is 4.38. The second kappa shape index (κ2) is 13.8. The quantitative estimate of drug-likeness (QED) is 0.371. The smallest absolute Gasteiger partial charge is 0.261 e. The van der Waals surface area contributed by atoms with Gasteiger partial charge in [-0.2, -0.15) is 4.31 Å². The van der Waals surface area contributed by atoms with Gasteiger partial charge < -0.3 is 19.7 Å². The second-order valence-corrected chi connectivity index (χ2v) is 11.6. The molecule has 1 aliphatic rings. The second-order valence-electron chi connectivity index (χ2n) is 9.24. The predicted octanol–water partition coefficient (Wildman–Crippen LogP) is 3.13. The van der Waals surface area contributed by atoms with Crippen LogP contribution in [-0.2, 0) is 37.3 Å². The van der Waals surface area contributed by atoms with Crippen LogP contribution in [0.3, 0.4) is 0 Å². The van der Waals surface area contributed by atoms with E-state index in [4.69, 9.17) is 21.1 Å². The Kier molecular flexibility index (Phi) is 10.2. The van der Waals surface area contributed by atoms with Crippen LogP contribution in [0, 0.1) is 0 Å². The molecule has 9 nitrogen and oxygen atoms in total. The minimum Gasteiger partial charge on any atom is -0.484 e. The number of halogens is 1. The van der Waals surface area contributed by atoms with E-state index in [0.717, 1.165) is 11.1 Å². The molecule has 0 radical (unpaired) electrons. The Morgan fingerprint density at radius 1 is 0.975 bits per heavy atom. The average Bonchev–Trinajstić information content (AvgIpc) is 2.99. The van der Waals surface area contributed by atoms with Crippen molar-refractivity contribution in [2.75, 3.05) is 40.0 Å². The zero-order chi connectivity index (χ0) is 28.5. The van der Waals surface area contributed by atoms with Crippen LogP contribution < -0.4 is 10.1 Å². The van der Waals surface area contributed by atoms with Crippen LogP contribution >= 0.6 is 11.6 Å². The van der Waals surface area contributed by atoms with Gasteiger partial charge in [0.25, 0.3) is 5.91 Å².